The first kappa shape index (κ1) is 42.9. The van der Waals surface area contributed by atoms with Gasteiger partial charge in [-0.15, -0.1) is 0 Å². The molecule has 1 aromatic heterocycles. The molecule has 1 saturated heterocycles. The van der Waals surface area contributed by atoms with Crippen LogP contribution >= 0.6 is 0 Å². The highest BCUT2D eigenvalue weighted by Gasteiger charge is 2.51. The second-order valence-electron chi connectivity index (χ2n) is 16.1. The van der Waals surface area contributed by atoms with Gasteiger partial charge in [0.15, 0.2) is 0 Å². The molecule has 64 heavy (non-hydrogen) atoms. The molecule has 1 aliphatic heterocycles. The van der Waals surface area contributed by atoms with Crippen molar-refractivity contribution in [2.24, 2.45) is 5.41 Å². The highest BCUT2D eigenvalue weighted by atomic mass is 16.5. The van der Waals surface area contributed by atoms with E-state index < -0.39 is 29.3 Å². The van der Waals surface area contributed by atoms with Crippen molar-refractivity contribution in [1.29, 1.82) is 0 Å². The predicted molar refractivity (Wildman–Crippen MR) is 246 cm³/mol. The van der Waals surface area contributed by atoms with Crippen molar-refractivity contribution >= 4 is 40.2 Å². The molecule has 2 amide bonds. The number of nitrogens with one attached hydrogen (secondary N) is 1. The largest absolute Gasteiger partial charge is 0.494 e. The number of aryl methyl sites for hydroxylation is 1. The summed E-state index contributed by atoms with van der Waals surface area (Å²) in [4.78, 5) is 64.2. The zero-order valence-corrected chi connectivity index (χ0v) is 35.7. The van der Waals surface area contributed by atoms with Gasteiger partial charge < -0.3 is 30.1 Å². The number of imidazole rings is 1. The van der Waals surface area contributed by atoms with Gasteiger partial charge in [-0.1, -0.05) is 121 Å². The third kappa shape index (κ3) is 9.07. The number of carbonyl (C=O) groups excluding carboxylic acids is 2. The van der Waals surface area contributed by atoms with E-state index in [1.54, 1.807) is 90.0 Å². The molecule has 0 spiro atoms. The maximum atomic E-state index is 14.5. The summed E-state index contributed by atoms with van der Waals surface area (Å²) in [5, 5.41) is 25.8. The second kappa shape index (κ2) is 18.7. The Hall–Kier alpha value is -7.73. The number of carboxylic acid groups (broad SMARTS) is 2. The smallest absolute Gasteiger partial charge is 0.327 e. The Kier molecular flexibility index (Phi) is 12.6. The summed E-state index contributed by atoms with van der Waals surface area (Å²) in [5.41, 5.74) is 3.30. The van der Waals surface area contributed by atoms with Crippen LogP contribution in [0.4, 0.5) is 5.69 Å². The molecule has 1 aliphatic rings. The van der Waals surface area contributed by atoms with Crippen molar-refractivity contribution in [1.82, 2.24) is 19.8 Å². The van der Waals surface area contributed by atoms with Gasteiger partial charge >= 0.3 is 11.9 Å². The number of carbonyl (C=O) groups is 4. The highest BCUT2D eigenvalue weighted by Crippen LogP contribution is 2.35. The Morgan fingerprint density at radius 1 is 0.734 bits per heavy atom. The Labute approximate surface area is 371 Å². The second-order valence-corrected chi connectivity index (χ2v) is 16.1. The molecular formula is C52H49N5O7. The molecule has 12 heteroatoms. The minimum atomic E-state index is -1.95. The predicted octanol–water partition coefficient (Wildman–Crippen LogP) is 8.10. The molecule has 0 radical (unpaired) electrons. The van der Waals surface area contributed by atoms with Crippen LogP contribution in [0.15, 0.2) is 152 Å². The van der Waals surface area contributed by atoms with Crippen LogP contribution < -0.4 is 15.0 Å². The molecule has 0 aliphatic carbocycles. The summed E-state index contributed by atoms with van der Waals surface area (Å²) < 4.78 is 7.69. The third-order valence-electron chi connectivity index (χ3n) is 11.9. The Morgan fingerprint density at radius 2 is 1.38 bits per heavy atom. The lowest BCUT2D eigenvalue weighted by Crippen LogP contribution is -2.58. The molecule has 1 fully saturated rings. The Morgan fingerprint density at radius 3 is 2.00 bits per heavy atom. The van der Waals surface area contributed by atoms with Crippen LogP contribution in [0.2, 0.25) is 0 Å². The number of ether oxygens (including phenoxy) is 1. The summed E-state index contributed by atoms with van der Waals surface area (Å²) in [6.45, 7) is 6.11. The number of nitrogens with zero attached hydrogens (tertiary/aromatic N) is 4. The van der Waals surface area contributed by atoms with E-state index in [4.69, 9.17) is 9.72 Å². The number of aromatic nitrogens is 2. The Bertz CT molecular complexity index is 2760. The lowest BCUT2D eigenvalue weighted by Gasteiger charge is -2.37. The van der Waals surface area contributed by atoms with Gasteiger partial charge in [0.05, 0.1) is 12.3 Å². The number of fused-ring (bicyclic) bond motifs is 1. The van der Waals surface area contributed by atoms with Crippen LogP contribution in [0.3, 0.4) is 0 Å². The normalized spacial score (nSPS) is 13.3. The molecule has 12 nitrogen and oxygen atoms in total. The minimum absolute atomic E-state index is 0.145. The number of anilines is 1. The van der Waals surface area contributed by atoms with E-state index in [1.807, 2.05) is 85.1 Å². The standard InChI is InChI=1S/C52H49N5O7/c1-3-64-42-19-12-18-40(30-42)57-34-45(53-47(57)38-23-21-35(2)22-24-38)49(59)56-27-25-55(26-28-56)41-29-39-17-10-11-20-43(39)44(31-41)48(58)54-46(50(60)61)52(51(62)63,32-36-13-6-4-7-14-36)33-37-15-8-5-9-16-37/h4-24,29-31,34,46H,3,25-28,32-33H2,1-2H3,(H,54,58)(H,60,61)(H,62,63)/t46-/m0/s1. The van der Waals surface area contributed by atoms with E-state index in [0.717, 1.165) is 22.2 Å². The van der Waals surface area contributed by atoms with Gasteiger partial charge in [0.2, 0.25) is 0 Å². The molecule has 2 heterocycles. The van der Waals surface area contributed by atoms with E-state index in [2.05, 4.69) is 10.2 Å². The van der Waals surface area contributed by atoms with E-state index in [9.17, 15) is 29.4 Å². The van der Waals surface area contributed by atoms with Gasteiger partial charge in [-0.2, -0.15) is 0 Å². The number of hydrogen-bond acceptors (Lipinski definition) is 7. The van der Waals surface area contributed by atoms with E-state index in [1.165, 1.54) is 0 Å². The minimum Gasteiger partial charge on any atom is -0.494 e. The average molecular weight is 856 g/mol. The number of benzene rings is 6. The fourth-order valence-electron chi connectivity index (χ4n) is 8.58. The topological polar surface area (TPSA) is 154 Å². The van der Waals surface area contributed by atoms with E-state index in [-0.39, 0.29) is 24.3 Å². The van der Waals surface area contributed by atoms with Gasteiger partial charge in [0.25, 0.3) is 11.8 Å². The fourth-order valence-corrected chi connectivity index (χ4v) is 8.58. The monoisotopic (exact) mass is 855 g/mol. The lowest BCUT2D eigenvalue weighted by molar-refractivity contribution is -0.158. The zero-order valence-electron chi connectivity index (χ0n) is 35.7. The number of hydrogen-bond donors (Lipinski definition) is 3. The molecular weight excluding hydrogens is 807 g/mol. The van der Waals surface area contributed by atoms with Crippen LogP contribution in [-0.4, -0.2) is 87.2 Å². The first-order valence-corrected chi connectivity index (χ1v) is 21.3. The summed E-state index contributed by atoms with van der Waals surface area (Å²) in [7, 11) is 0. The van der Waals surface area contributed by atoms with E-state index in [0.29, 0.717) is 72.3 Å². The van der Waals surface area contributed by atoms with Crippen molar-refractivity contribution in [2.75, 3.05) is 37.7 Å². The molecule has 3 N–H and O–H groups in total. The number of carboxylic acids is 2. The third-order valence-corrected chi connectivity index (χ3v) is 11.9. The van der Waals surface area contributed by atoms with Gasteiger partial charge in [0.1, 0.15) is 28.7 Å². The molecule has 1 atom stereocenters. The zero-order chi connectivity index (χ0) is 44.8. The van der Waals surface area contributed by atoms with Gasteiger partial charge in [-0.25, -0.2) is 9.78 Å². The number of piperazine rings is 1. The SMILES string of the molecule is CCOc1cccc(-n2cc(C(=O)N3CCN(c4cc(C(=O)N[C@@H](C(=O)O)C(Cc5ccccc5)(Cc5ccccc5)C(=O)O)c5ccccc5c4)CC3)nc2-c2ccc(C)cc2)c1. The van der Waals surface area contributed by atoms with Crippen molar-refractivity contribution in [2.45, 2.75) is 32.7 Å². The van der Waals surface area contributed by atoms with Gasteiger partial charge in [-0.05, 0) is 72.9 Å². The first-order chi connectivity index (χ1) is 31.0. The van der Waals surface area contributed by atoms with Crippen LogP contribution in [0, 0.1) is 12.3 Å². The quantitative estimate of drug-likeness (QED) is 0.0929. The van der Waals surface area contributed by atoms with Crippen LogP contribution in [0.5, 0.6) is 5.75 Å². The van der Waals surface area contributed by atoms with Crippen LogP contribution in [0.25, 0.3) is 27.8 Å². The van der Waals surface area contributed by atoms with Gasteiger partial charge in [0, 0.05) is 55.3 Å². The van der Waals surface area contributed by atoms with Crippen LogP contribution in [-0.2, 0) is 22.4 Å². The maximum absolute atomic E-state index is 14.5. The molecule has 7 aromatic rings. The average Bonchev–Trinajstić information content (AvgIpc) is 3.76. The molecule has 324 valence electrons. The number of aliphatic carboxylic acids is 2. The molecule has 0 unspecified atom stereocenters. The van der Waals surface area contributed by atoms with Crippen molar-refractivity contribution < 1.29 is 34.1 Å². The summed E-state index contributed by atoms with van der Waals surface area (Å²) in [6.07, 6.45) is 1.48. The maximum Gasteiger partial charge on any atom is 0.327 e. The van der Waals surface area contributed by atoms with Gasteiger partial charge in [-0.3, -0.25) is 19.0 Å². The van der Waals surface area contributed by atoms with Crippen molar-refractivity contribution in [3.05, 3.63) is 180 Å². The lowest BCUT2D eigenvalue weighted by atomic mass is 9.70. The van der Waals surface area contributed by atoms with Crippen molar-refractivity contribution in [3.8, 4) is 22.8 Å². The van der Waals surface area contributed by atoms with Crippen molar-refractivity contribution in [3.63, 3.8) is 0 Å². The molecule has 0 saturated carbocycles. The number of amides is 2. The van der Waals surface area contributed by atoms with Crippen LogP contribution in [0.1, 0.15) is 44.5 Å². The summed E-state index contributed by atoms with van der Waals surface area (Å²) >= 11 is 0. The fraction of sp³-hybridized carbons (Fsp3) is 0.212. The van der Waals surface area contributed by atoms with E-state index >= 15 is 0 Å². The molecule has 8 rings (SSSR count). The number of rotatable bonds is 15. The molecule has 6 aromatic carbocycles. The summed E-state index contributed by atoms with van der Waals surface area (Å²) in [5.74, 6) is -2.38. The summed E-state index contributed by atoms with van der Waals surface area (Å²) in [6, 6.07) is 42.6. The Balaban J connectivity index is 1.06. The highest BCUT2D eigenvalue weighted by molar-refractivity contribution is 6.10. The molecule has 0 bridgehead atoms. The first-order valence-electron chi connectivity index (χ1n) is 21.3.